The minimum absolute atomic E-state index is 0.399. The Labute approximate surface area is 116 Å². The average molecular weight is 288 g/mol. The SMILES string of the molecule is COC(=O)C(=N)C(=O)C[C@@H](CO)NC(=O)OC(C)(C)C. The molecule has 0 radical (unpaired) electrons. The fourth-order valence-electron chi connectivity index (χ4n) is 1.18. The van der Waals surface area contributed by atoms with Crippen molar-refractivity contribution in [2.75, 3.05) is 13.7 Å². The molecule has 8 nitrogen and oxygen atoms in total. The van der Waals surface area contributed by atoms with Crippen molar-refractivity contribution in [2.24, 2.45) is 0 Å². The van der Waals surface area contributed by atoms with Gasteiger partial charge >= 0.3 is 12.1 Å². The molecule has 0 bridgehead atoms. The van der Waals surface area contributed by atoms with Gasteiger partial charge in [0.1, 0.15) is 5.60 Å². The largest absolute Gasteiger partial charge is 0.464 e. The smallest absolute Gasteiger partial charge is 0.407 e. The number of amides is 1. The van der Waals surface area contributed by atoms with Crippen LogP contribution in [0.15, 0.2) is 0 Å². The molecule has 0 fully saturated rings. The summed E-state index contributed by atoms with van der Waals surface area (Å²) >= 11 is 0. The van der Waals surface area contributed by atoms with Crippen molar-refractivity contribution < 1.29 is 29.0 Å². The summed E-state index contributed by atoms with van der Waals surface area (Å²) < 4.78 is 9.20. The van der Waals surface area contributed by atoms with Gasteiger partial charge in [-0.3, -0.25) is 10.2 Å². The molecule has 1 amide bonds. The van der Waals surface area contributed by atoms with Gasteiger partial charge in [-0.1, -0.05) is 0 Å². The van der Waals surface area contributed by atoms with Gasteiger partial charge in [0.25, 0.3) is 0 Å². The molecule has 0 unspecified atom stereocenters. The van der Waals surface area contributed by atoms with Crippen LogP contribution in [0.2, 0.25) is 0 Å². The Kier molecular flexibility index (Phi) is 6.84. The zero-order valence-corrected chi connectivity index (χ0v) is 12.0. The van der Waals surface area contributed by atoms with E-state index in [1.807, 2.05) is 0 Å². The fraction of sp³-hybridized carbons (Fsp3) is 0.667. The Morgan fingerprint density at radius 1 is 1.30 bits per heavy atom. The van der Waals surface area contributed by atoms with Crippen LogP contribution < -0.4 is 5.32 Å². The number of aliphatic hydroxyl groups is 1. The third-order valence-corrected chi connectivity index (χ3v) is 2.04. The molecule has 0 spiro atoms. The van der Waals surface area contributed by atoms with Crippen molar-refractivity contribution in [1.82, 2.24) is 5.32 Å². The highest BCUT2D eigenvalue weighted by atomic mass is 16.6. The molecule has 0 aliphatic rings. The Hall–Kier alpha value is -1.96. The predicted molar refractivity (Wildman–Crippen MR) is 69.6 cm³/mol. The van der Waals surface area contributed by atoms with E-state index in [1.165, 1.54) is 0 Å². The van der Waals surface area contributed by atoms with Gasteiger partial charge in [-0.15, -0.1) is 0 Å². The first-order valence-electron chi connectivity index (χ1n) is 5.91. The highest BCUT2D eigenvalue weighted by Crippen LogP contribution is 2.07. The molecule has 0 aromatic rings. The van der Waals surface area contributed by atoms with E-state index in [-0.39, 0.29) is 0 Å². The highest BCUT2D eigenvalue weighted by molar-refractivity contribution is 6.63. The summed E-state index contributed by atoms with van der Waals surface area (Å²) in [5.41, 5.74) is -1.55. The van der Waals surface area contributed by atoms with Crippen molar-refractivity contribution in [1.29, 1.82) is 5.41 Å². The second-order valence-corrected chi connectivity index (χ2v) is 5.02. The first kappa shape index (κ1) is 18.0. The lowest BCUT2D eigenvalue weighted by atomic mass is 10.1. The van der Waals surface area contributed by atoms with E-state index >= 15 is 0 Å². The maximum Gasteiger partial charge on any atom is 0.407 e. The molecule has 0 aliphatic carbocycles. The number of aliphatic hydroxyl groups excluding tert-OH is 1. The molecule has 0 saturated heterocycles. The quantitative estimate of drug-likeness (QED) is 0.359. The Bertz CT molecular complexity index is 399. The summed E-state index contributed by atoms with van der Waals surface area (Å²) in [5, 5.41) is 18.6. The second-order valence-electron chi connectivity index (χ2n) is 5.02. The number of ether oxygens (including phenoxy) is 2. The third kappa shape index (κ3) is 6.83. The summed E-state index contributed by atoms with van der Waals surface area (Å²) in [5.74, 6) is -1.91. The van der Waals surface area contributed by atoms with E-state index in [9.17, 15) is 14.4 Å². The van der Waals surface area contributed by atoms with E-state index in [0.29, 0.717) is 0 Å². The van der Waals surface area contributed by atoms with Crippen LogP contribution in [-0.2, 0) is 19.1 Å². The van der Waals surface area contributed by atoms with E-state index in [2.05, 4.69) is 10.1 Å². The summed E-state index contributed by atoms with van der Waals surface area (Å²) in [6.45, 7) is 4.47. The van der Waals surface area contributed by atoms with Crippen LogP contribution in [0.25, 0.3) is 0 Å². The topological polar surface area (TPSA) is 126 Å². The van der Waals surface area contributed by atoms with Crippen molar-refractivity contribution in [2.45, 2.75) is 38.8 Å². The van der Waals surface area contributed by atoms with Gasteiger partial charge in [0.15, 0.2) is 11.5 Å². The lowest BCUT2D eigenvalue weighted by Crippen LogP contribution is -2.43. The molecule has 0 aromatic heterocycles. The molecular formula is C12H20N2O6. The van der Waals surface area contributed by atoms with Crippen molar-refractivity contribution in [3.05, 3.63) is 0 Å². The van der Waals surface area contributed by atoms with Crippen molar-refractivity contribution in [3.8, 4) is 0 Å². The number of methoxy groups -OCH3 is 1. The number of alkyl carbamates (subject to hydrolysis) is 1. The Balaban J connectivity index is 4.49. The number of nitrogens with one attached hydrogen (secondary N) is 2. The van der Waals surface area contributed by atoms with Gasteiger partial charge in [-0.2, -0.15) is 0 Å². The number of Topliss-reactive ketones (excluding diaryl/α,β-unsaturated/α-hetero) is 1. The number of hydrogen-bond acceptors (Lipinski definition) is 7. The summed E-state index contributed by atoms with van der Waals surface area (Å²) in [4.78, 5) is 34.0. The van der Waals surface area contributed by atoms with Gasteiger partial charge in [0, 0.05) is 6.42 Å². The number of hydrogen-bond donors (Lipinski definition) is 3. The van der Waals surface area contributed by atoms with E-state index in [4.69, 9.17) is 15.3 Å². The van der Waals surface area contributed by atoms with E-state index in [0.717, 1.165) is 7.11 Å². The minimum atomic E-state index is -1.07. The molecule has 0 aliphatic heterocycles. The van der Waals surface area contributed by atoms with Crippen LogP contribution in [0.5, 0.6) is 0 Å². The Morgan fingerprint density at radius 3 is 2.25 bits per heavy atom. The molecule has 1 atom stereocenters. The summed E-state index contributed by atoms with van der Waals surface area (Å²) in [6, 6.07) is -0.942. The predicted octanol–water partition coefficient (Wildman–Crippen LogP) is 0.0240. The monoisotopic (exact) mass is 288 g/mol. The van der Waals surface area contributed by atoms with Gasteiger partial charge < -0.3 is 19.9 Å². The second kappa shape index (κ2) is 7.59. The van der Waals surface area contributed by atoms with Crippen molar-refractivity contribution >= 4 is 23.6 Å². The lowest BCUT2D eigenvalue weighted by Gasteiger charge is -2.22. The maximum atomic E-state index is 11.6. The average Bonchev–Trinajstić information content (AvgIpc) is 2.33. The van der Waals surface area contributed by atoms with Gasteiger partial charge in [0.05, 0.1) is 19.8 Å². The molecule has 0 heterocycles. The number of ketones is 1. The molecular weight excluding hydrogens is 268 g/mol. The number of esters is 1. The Morgan fingerprint density at radius 2 is 1.85 bits per heavy atom. The van der Waals surface area contributed by atoms with Crippen LogP contribution in [-0.4, -0.2) is 54.0 Å². The standard InChI is InChI=1S/C12H20N2O6/c1-12(2,3)20-11(18)14-7(6-15)5-8(16)9(13)10(17)19-4/h7,13,15H,5-6H2,1-4H3,(H,14,18)/t7-/m0/s1. The highest BCUT2D eigenvalue weighted by Gasteiger charge is 2.25. The molecule has 0 rings (SSSR count). The zero-order valence-electron chi connectivity index (χ0n) is 12.0. The zero-order chi connectivity index (χ0) is 15.9. The molecule has 3 N–H and O–H groups in total. The fourth-order valence-corrected chi connectivity index (χ4v) is 1.18. The van der Waals surface area contributed by atoms with Crippen LogP contribution in [0.1, 0.15) is 27.2 Å². The summed E-state index contributed by atoms with van der Waals surface area (Å²) in [7, 11) is 1.05. The minimum Gasteiger partial charge on any atom is -0.464 e. The molecule has 114 valence electrons. The van der Waals surface area contributed by atoms with Crippen molar-refractivity contribution in [3.63, 3.8) is 0 Å². The number of rotatable bonds is 6. The first-order chi connectivity index (χ1) is 9.10. The first-order valence-corrected chi connectivity index (χ1v) is 5.91. The van der Waals surface area contributed by atoms with Crippen LogP contribution >= 0.6 is 0 Å². The molecule has 0 aromatic carbocycles. The maximum absolute atomic E-state index is 11.6. The summed E-state index contributed by atoms with van der Waals surface area (Å²) in [6.07, 6.45) is -1.20. The molecule has 20 heavy (non-hydrogen) atoms. The van der Waals surface area contributed by atoms with Gasteiger partial charge in [0.2, 0.25) is 0 Å². The normalized spacial score (nSPS) is 12.2. The lowest BCUT2D eigenvalue weighted by molar-refractivity contribution is -0.133. The van der Waals surface area contributed by atoms with Gasteiger partial charge in [-0.25, -0.2) is 9.59 Å². The number of carbonyl (C=O) groups excluding carboxylic acids is 3. The van der Waals surface area contributed by atoms with E-state index in [1.54, 1.807) is 20.8 Å². The van der Waals surface area contributed by atoms with E-state index < -0.39 is 48.2 Å². The van der Waals surface area contributed by atoms with Crippen LogP contribution in [0.4, 0.5) is 4.79 Å². The van der Waals surface area contributed by atoms with Crippen LogP contribution in [0.3, 0.4) is 0 Å². The van der Waals surface area contributed by atoms with Crippen LogP contribution in [0, 0.1) is 5.41 Å². The molecule has 0 saturated carbocycles. The van der Waals surface area contributed by atoms with Gasteiger partial charge in [-0.05, 0) is 20.8 Å². The third-order valence-electron chi connectivity index (χ3n) is 2.04. The number of carbonyl (C=O) groups is 3. The molecule has 8 heteroatoms.